The molecule has 0 spiro atoms. The quantitative estimate of drug-likeness (QED) is 0.853. The van der Waals surface area contributed by atoms with Gasteiger partial charge in [0.2, 0.25) is 0 Å². The first-order valence-corrected chi connectivity index (χ1v) is 6.00. The molecule has 20 heavy (non-hydrogen) atoms. The first kappa shape index (κ1) is 12.3. The van der Waals surface area contributed by atoms with E-state index in [4.69, 9.17) is 5.11 Å². The van der Waals surface area contributed by atoms with Crippen molar-refractivity contribution in [1.29, 1.82) is 0 Å². The van der Waals surface area contributed by atoms with Crippen LogP contribution in [0.5, 0.6) is 5.75 Å². The van der Waals surface area contributed by atoms with Gasteiger partial charge in [-0.2, -0.15) is 0 Å². The van der Waals surface area contributed by atoms with Crippen LogP contribution in [0.25, 0.3) is 0 Å². The standard InChI is InChI=1S/C15H10FNO3/c16-12-7-9(5-6-13(12)18)8-17-14(19)10-3-1-2-4-11(10)15(17)20/h1-7,18H,8H2. The molecule has 1 heterocycles. The molecule has 1 N–H and O–H groups in total. The number of hydrogen-bond acceptors (Lipinski definition) is 3. The molecule has 4 nitrogen and oxygen atoms in total. The minimum Gasteiger partial charge on any atom is -0.505 e. The highest BCUT2D eigenvalue weighted by atomic mass is 19.1. The van der Waals surface area contributed by atoms with Crippen LogP contribution < -0.4 is 0 Å². The predicted octanol–water partition coefficient (Wildman–Crippen LogP) is 2.33. The highest BCUT2D eigenvalue weighted by molar-refractivity contribution is 6.21. The number of fused-ring (bicyclic) bond motifs is 1. The lowest BCUT2D eigenvalue weighted by Gasteiger charge is -2.14. The van der Waals surface area contributed by atoms with Crippen molar-refractivity contribution in [3.63, 3.8) is 0 Å². The van der Waals surface area contributed by atoms with E-state index >= 15 is 0 Å². The minimum atomic E-state index is -0.779. The van der Waals surface area contributed by atoms with E-state index in [1.165, 1.54) is 12.1 Å². The molecule has 1 aliphatic rings. The van der Waals surface area contributed by atoms with E-state index in [0.29, 0.717) is 16.7 Å². The Hall–Kier alpha value is -2.69. The zero-order valence-electron chi connectivity index (χ0n) is 10.3. The van der Waals surface area contributed by atoms with Crippen molar-refractivity contribution in [3.05, 3.63) is 65.0 Å². The summed E-state index contributed by atoms with van der Waals surface area (Å²) in [4.78, 5) is 25.3. The first-order valence-electron chi connectivity index (χ1n) is 6.00. The Balaban J connectivity index is 1.91. The van der Waals surface area contributed by atoms with Crippen LogP contribution in [0, 0.1) is 5.82 Å². The van der Waals surface area contributed by atoms with Crippen molar-refractivity contribution in [2.24, 2.45) is 0 Å². The molecule has 2 aromatic rings. The number of phenols is 1. The van der Waals surface area contributed by atoms with Gasteiger partial charge in [0.05, 0.1) is 17.7 Å². The Bertz CT molecular complexity index is 692. The molecule has 3 rings (SSSR count). The number of carbonyl (C=O) groups is 2. The van der Waals surface area contributed by atoms with Crippen molar-refractivity contribution >= 4 is 11.8 Å². The Morgan fingerprint density at radius 1 is 1.00 bits per heavy atom. The summed E-state index contributed by atoms with van der Waals surface area (Å²) < 4.78 is 13.3. The van der Waals surface area contributed by atoms with Crippen LogP contribution in [0.4, 0.5) is 4.39 Å². The van der Waals surface area contributed by atoms with Gasteiger partial charge in [0, 0.05) is 0 Å². The fourth-order valence-electron chi connectivity index (χ4n) is 2.21. The van der Waals surface area contributed by atoms with E-state index in [9.17, 15) is 14.0 Å². The number of aromatic hydroxyl groups is 1. The third kappa shape index (κ3) is 1.84. The number of carbonyl (C=O) groups excluding carboxylic acids is 2. The molecular weight excluding hydrogens is 261 g/mol. The van der Waals surface area contributed by atoms with Crippen LogP contribution >= 0.6 is 0 Å². The predicted molar refractivity (Wildman–Crippen MR) is 68.7 cm³/mol. The number of imide groups is 1. The van der Waals surface area contributed by atoms with Crippen molar-refractivity contribution in [1.82, 2.24) is 4.90 Å². The molecular formula is C15H10FNO3. The largest absolute Gasteiger partial charge is 0.505 e. The van der Waals surface area contributed by atoms with Crippen LogP contribution in [-0.2, 0) is 6.54 Å². The highest BCUT2D eigenvalue weighted by Crippen LogP contribution is 2.25. The van der Waals surface area contributed by atoms with E-state index < -0.39 is 11.6 Å². The van der Waals surface area contributed by atoms with Crippen LogP contribution in [0.1, 0.15) is 26.3 Å². The molecule has 100 valence electrons. The molecule has 0 radical (unpaired) electrons. The second-order valence-corrected chi connectivity index (χ2v) is 4.53. The molecule has 1 aliphatic heterocycles. The maximum Gasteiger partial charge on any atom is 0.261 e. The van der Waals surface area contributed by atoms with E-state index in [2.05, 4.69) is 0 Å². The SMILES string of the molecule is O=C1c2ccccc2C(=O)N1Cc1ccc(O)c(F)c1. The number of benzene rings is 2. The smallest absolute Gasteiger partial charge is 0.261 e. The van der Waals surface area contributed by atoms with Crippen molar-refractivity contribution in [2.75, 3.05) is 0 Å². The van der Waals surface area contributed by atoms with Gasteiger partial charge in [0.1, 0.15) is 0 Å². The fraction of sp³-hybridized carbons (Fsp3) is 0.0667. The molecule has 0 aliphatic carbocycles. The summed E-state index contributed by atoms with van der Waals surface area (Å²) in [5, 5.41) is 9.13. The maximum atomic E-state index is 13.3. The summed E-state index contributed by atoms with van der Waals surface area (Å²) >= 11 is 0. The first-order chi connectivity index (χ1) is 9.58. The average Bonchev–Trinajstić information content (AvgIpc) is 2.69. The summed E-state index contributed by atoms with van der Waals surface area (Å²) in [6.07, 6.45) is 0. The van der Waals surface area contributed by atoms with E-state index in [-0.39, 0.29) is 18.4 Å². The number of nitrogens with zero attached hydrogens (tertiary/aromatic N) is 1. The zero-order chi connectivity index (χ0) is 14.3. The molecule has 5 heteroatoms. The van der Waals surface area contributed by atoms with Gasteiger partial charge in [0.25, 0.3) is 11.8 Å². The summed E-state index contributed by atoms with van der Waals surface area (Å²) in [7, 11) is 0. The second kappa shape index (κ2) is 4.45. The summed E-state index contributed by atoms with van der Waals surface area (Å²) in [6.45, 7) is -0.0243. The van der Waals surface area contributed by atoms with Gasteiger partial charge in [0.15, 0.2) is 11.6 Å². The lowest BCUT2D eigenvalue weighted by atomic mass is 10.1. The zero-order valence-corrected chi connectivity index (χ0v) is 10.3. The number of hydrogen-bond donors (Lipinski definition) is 1. The van der Waals surface area contributed by atoms with Gasteiger partial charge < -0.3 is 5.11 Å². The molecule has 0 aromatic heterocycles. The molecule has 2 aromatic carbocycles. The van der Waals surface area contributed by atoms with E-state index in [1.54, 1.807) is 24.3 Å². The number of halogens is 1. The molecule has 0 bridgehead atoms. The Morgan fingerprint density at radius 3 is 2.15 bits per heavy atom. The third-order valence-electron chi connectivity index (χ3n) is 3.23. The monoisotopic (exact) mass is 271 g/mol. The second-order valence-electron chi connectivity index (χ2n) is 4.53. The van der Waals surface area contributed by atoms with Crippen LogP contribution in [0.2, 0.25) is 0 Å². The van der Waals surface area contributed by atoms with Crippen molar-refractivity contribution < 1.29 is 19.1 Å². The van der Waals surface area contributed by atoms with Gasteiger partial charge >= 0.3 is 0 Å². The number of amides is 2. The normalized spacial score (nSPS) is 13.8. The van der Waals surface area contributed by atoms with Crippen LogP contribution in [-0.4, -0.2) is 21.8 Å². The topological polar surface area (TPSA) is 57.6 Å². The van der Waals surface area contributed by atoms with Gasteiger partial charge in [-0.05, 0) is 29.8 Å². The number of rotatable bonds is 2. The molecule has 0 unspecified atom stereocenters. The third-order valence-corrected chi connectivity index (χ3v) is 3.23. The molecule has 0 atom stereocenters. The van der Waals surface area contributed by atoms with Gasteiger partial charge in [-0.15, -0.1) is 0 Å². The van der Waals surface area contributed by atoms with Gasteiger partial charge in [-0.25, -0.2) is 4.39 Å². The Morgan fingerprint density at radius 2 is 1.60 bits per heavy atom. The fourth-order valence-corrected chi connectivity index (χ4v) is 2.21. The van der Waals surface area contributed by atoms with Gasteiger partial charge in [-0.1, -0.05) is 18.2 Å². The average molecular weight is 271 g/mol. The lowest BCUT2D eigenvalue weighted by Crippen LogP contribution is -2.29. The van der Waals surface area contributed by atoms with Crippen LogP contribution in [0.15, 0.2) is 42.5 Å². The van der Waals surface area contributed by atoms with E-state index in [0.717, 1.165) is 11.0 Å². The minimum absolute atomic E-state index is 0.0243. The van der Waals surface area contributed by atoms with Crippen LogP contribution in [0.3, 0.4) is 0 Å². The Labute approximate surface area is 114 Å². The Kier molecular flexibility index (Phi) is 2.75. The molecule has 0 saturated heterocycles. The summed E-state index contributed by atoms with van der Waals surface area (Å²) in [5.41, 5.74) is 1.16. The maximum absolute atomic E-state index is 13.3. The molecule has 0 fully saturated rings. The van der Waals surface area contributed by atoms with Gasteiger partial charge in [-0.3, -0.25) is 14.5 Å². The van der Waals surface area contributed by atoms with Crippen molar-refractivity contribution in [2.45, 2.75) is 6.54 Å². The van der Waals surface area contributed by atoms with E-state index in [1.807, 2.05) is 0 Å². The molecule has 2 amide bonds. The number of phenolic OH excluding ortho intramolecular Hbond substituents is 1. The highest BCUT2D eigenvalue weighted by Gasteiger charge is 2.34. The summed E-state index contributed by atoms with van der Waals surface area (Å²) in [5.74, 6) is -2.02. The molecule has 0 saturated carbocycles. The van der Waals surface area contributed by atoms with Crippen molar-refractivity contribution in [3.8, 4) is 5.75 Å². The summed E-state index contributed by atoms with van der Waals surface area (Å²) in [6, 6.07) is 10.3. The lowest BCUT2D eigenvalue weighted by molar-refractivity contribution is 0.0642.